The number of carboxylic acids is 1. The molecule has 2 heteroatoms. The molecule has 3 rings (SSSR count). The summed E-state index contributed by atoms with van der Waals surface area (Å²) in [6.45, 7) is 0. The minimum atomic E-state index is -0.963. The summed E-state index contributed by atoms with van der Waals surface area (Å²) in [6.07, 6.45) is 0.943. The van der Waals surface area contributed by atoms with Gasteiger partial charge in [-0.1, -0.05) is 36.4 Å². The molecule has 0 aliphatic heterocycles. The average molecular weight is 211 g/mol. The Morgan fingerprint density at radius 3 is 2.75 bits per heavy atom. The van der Waals surface area contributed by atoms with Gasteiger partial charge in [0, 0.05) is 5.97 Å². The first-order valence-corrected chi connectivity index (χ1v) is 5.46. The Kier molecular flexibility index (Phi) is 1.96. The van der Waals surface area contributed by atoms with Crippen LogP contribution < -0.4 is 5.11 Å². The van der Waals surface area contributed by atoms with Gasteiger partial charge in [0.2, 0.25) is 0 Å². The number of hydrogen-bond donors (Lipinski definition) is 0. The molecule has 0 N–H and O–H groups in total. The molecule has 2 aromatic carbocycles. The molecule has 0 unspecified atom stereocenters. The van der Waals surface area contributed by atoms with Crippen molar-refractivity contribution in [2.24, 2.45) is 0 Å². The van der Waals surface area contributed by atoms with Gasteiger partial charge in [0.15, 0.2) is 0 Å². The summed E-state index contributed by atoms with van der Waals surface area (Å²) in [7, 11) is 0. The summed E-state index contributed by atoms with van der Waals surface area (Å²) in [5.74, 6) is -0.874. The van der Waals surface area contributed by atoms with E-state index in [1.54, 1.807) is 0 Å². The zero-order valence-electron chi connectivity index (χ0n) is 8.77. The van der Waals surface area contributed by atoms with E-state index in [0.29, 0.717) is 0 Å². The van der Waals surface area contributed by atoms with E-state index in [9.17, 15) is 9.90 Å². The summed E-state index contributed by atoms with van der Waals surface area (Å²) in [5, 5.41) is 13.2. The third-order valence-electron chi connectivity index (χ3n) is 3.34. The number of aliphatic carboxylic acids is 1. The van der Waals surface area contributed by atoms with Crippen LogP contribution in [0.15, 0.2) is 36.4 Å². The highest BCUT2D eigenvalue weighted by molar-refractivity contribution is 5.92. The van der Waals surface area contributed by atoms with Crippen LogP contribution in [0.5, 0.6) is 0 Å². The summed E-state index contributed by atoms with van der Waals surface area (Å²) < 4.78 is 0. The second-order valence-electron chi connectivity index (χ2n) is 4.34. The molecular weight excluding hydrogens is 200 g/mol. The first kappa shape index (κ1) is 9.40. The Morgan fingerprint density at radius 2 is 2.00 bits per heavy atom. The minimum Gasteiger partial charge on any atom is -0.550 e. The quantitative estimate of drug-likeness (QED) is 0.757. The van der Waals surface area contributed by atoms with Gasteiger partial charge in [0.1, 0.15) is 0 Å². The van der Waals surface area contributed by atoms with Gasteiger partial charge >= 0.3 is 0 Å². The summed E-state index contributed by atoms with van der Waals surface area (Å²) in [5.41, 5.74) is 2.43. The highest BCUT2D eigenvalue weighted by Crippen LogP contribution is 2.39. The maximum atomic E-state index is 10.7. The lowest BCUT2D eigenvalue weighted by atomic mass is 9.97. The van der Waals surface area contributed by atoms with Crippen LogP contribution in [0.2, 0.25) is 0 Å². The lowest BCUT2D eigenvalue weighted by Gasteiger charge is -2.11. The predicted molar refractivity (Wildman–Crippen MR) is 60.0 cm³/mol. The molecular formula is C14H11O2-. The monoisotopic (exact) mass is 211 g/mol. The number of carboxylic acid groups (broad SMARTS) is 1. The van der Waals surface area contributed by atoms with Crippen LogP contribution in [-0.4, -0.2) is 5.97 Å². The molecule has 16 heavy (non-hydrogen) atoms. The SMILES string of the molecule is O=C([O-])C[C@@H]1Cc2cccc3cccc1c23. The first-order valence-electron chi connectivity index (χ1n) is 5.46. The topological polar surface area (TPSA) is 40.1 Å². The van der Waals surface area contributed by atoms with Gasteiger partial charge in [-0.3, -0.25) is 0 Å². The predicted octanol–water partition coefficient (Wildman–Crippen LogP) is 1.62. The van der Waals surface area contributed by atoms with Crippen molar-refractivity contribution in [3.63, 3.8) is 0 Å². The van der Waals surface area contributed by atoms with E-state index in [1.807, 2.05) is 18.2 Å². The van der Waals surface area contributed by atoms with Crippen molar-refractivity contribution in [3.8, 4) is 0 Å². The Labute approximate surface area is 93.5 Å². The molecule has 0 amide bonds. The number of carbonyl (C=O) groups is 1. The maximum absolute atomic E-state index is 10.7. The molecule has 0 spiro atoms. The Balaban J connectivity index is 2.17. The van der Waals surface area contributed by atoms with Crippen LogP contribution in [0.25, 0.3) is 10.8 Å². The zero-order valence-corrected chi connectivity index (χ0v) is 8.77. The zero-order chi connectivity index (χ0) is 11.1. The molecule has 0 bridgehead atoms. The molecule has 0 radical (unpaired) electrons. The minimum absolute atomic E-state index is 0.0890. The maximum Gasteiger partial charge on any atom is 0.0420 e. The van der Waals surface area contributed by atoms with Crippen LogP contribution in [0.3, 0.4) is 0 Å². The fraction of sp³-hybridized carbons (Fsp3) is 0.214. The van der Waals surface area contributed by atoms with E-state index in [-0.39, 0.29) is 12.3 Å². The van der Waals surface area contributed by atoms with Crippen LogP contribution in [0, 0.1) is 0 Å². The normalized spacial score (nSPS) is 17.9. The first-order chi connectivity index (χ1) is 7.75. The fourth-order valence-corrected chi connectivity index (χ4v) is 2.72. The van der Waals surface area contributed by atoms with E-state index in [4.69, 9.17) is 0 Å². The molecule has 0 fully saturated rings. The standard InChI is InChI=1S/C14H12O2/c15-13(16)8-11-7-10-5-1-3-9-4-2-6-12(11)14(9)10/h1-6,11H,7-8H2,(H,15,16)/p-1/t11-/m0/s1. The van der Waals surface area contributed by atoms with Gasteiger partial charge in [0.25, 0.3) is 0 Å². The molecule has 2 nitrogen and oxygen atoms in total. The Hall–Kier alpha value is -1.83. The Morgan fingerprint density at radius 1 is 1.25 bits per heavy atom. The molecule has 0 saturated heterocycles. The lowest BCUT2D eigenvalue weighted by molar-refractivity contribution is -0.306. The van der Waals surface area contributed by atoms with E-state index in [0.717, 1.165) is 12.0 Å². The van der Waals surface area contributed by atoms with Crippen molar-refractivity contribution in [2.75, 3.05) is 0 Å². The van der Waals surface area contributed by atoms with Crippen LogP contribution in [-0.2, 0) is 11.2 Å². The molecule has 2 aromatic rings. The average Bonchev–Trinajstić information content (AvgIpc) is 2.59. The second kappa shape index (κ2) is 3.34. The summed E-state index contributed by atoms with van der Waals surface area (Å²) in [4.78, 5) is 10.7. The van der Waals surface area contributed by atoms with Crippen molar-refractivity contribution >= 4 is 16.7 Å². The molecule has 1 aliphatic carbocycles. The molecule has 1 aliphatic rings. The van der Waals surface area contributed by atoms with E-state index in [1.165, 1.54) is 16.3 Å². The third kappa shape index (κ3) is 1.30. The summed E-state index contributed by atoms with van der Waals surface area (Å²) in [6, 6.07) is 12.3. The third-order valence-corrected chi connectivity index (χ3v) is 3.34. The molecule has 0 aromatic heterocycles. The van der Waals surface area contributed by atoms with Crippen molar-refractivity contribution in [1.82, 2.24) is 0 Å². The van der Waals surface area contributed by atoms with E-state index in [2.05, 4.69) is 18.2 Å². The van der Waals surface area contributed by atoms with Crippen molar-refractivity contribution in [3.05, 3.63) is 47.5 Å². The molecule has 0 heterocycles. The lowest BCUT2D eigenvalue weighted by Crippen LogP contribution is -2.24. The van der Waals surface area contributed by atoms with E-state index < -0.39 is 5.97 Å². The van der Waals surface area contributed by atoms with Gasteiger partial charge in [-0.2, -0.15) is 0 Å². The largest absolute Gasteiger partial charge is 0.550 e. The Bertz CT molecular complexity index is 567. The highest BCUT2D eigenvalue weighted by Gasteiger charge is 2.23. The fourth-order valence-electron chi connectivity index (χ4n) is 2.72. The number of benzene rings is 2. The summed E-state index contributed by atoms with van der Waals surface area (Å²) >= 11 is 0. The van der Waals surface area contributed by atoms with E-state index >= 15 is 0 Å². The van der Waals surface area contributed by atoms with Gasteiger partial charge < -0.3 is 9.90 Å². The van der Waals surface area contributed by atoms with Crippen LogP contribution >= 0.6 is 0 Å². The molecule has 1 atom stereocenters. The van der Waals surface area contributed by atoms with Crippen molar-refractivity contribution in [2.45, 2.75) is 18.8 Å². The van der Waals surface area contributed by atoms with Crippen molar-refractivity contribution in [1.29, 1.82) is 0 Å². The smallest absolute Gasteiger partial charge is 0.0420 e. The van der Waals surface area contributed by atoms with Gasteiger partial charge in [-0.15, -0.1) is 0 Å². The molecule has 0 saturated carbocycles. The van der Waals surface area contributed by atoms with Gasteiger partial charge in [-0.05, 0) is 40.7 Å². The van der Waals surface area contributed by atoms with Gasteiger partial charge in [-0.25, -0.2) is 0 Å². The second-order valence-corrected chi connectivity index (χ2v) is 4.34. The number of rotatable bonds is 2. The van der Waals surface area contributed by atoms with Crippen LogP contribution in [0.1, 0.15) is 23.5 Å². The van der Waals surface area contributed by atoms with Crippen LogP contribution in [0.4, 0.5) is 0 Å². The highest BCUT2D eigenvalue weighted by atomic mass is 16.4. The van der Waals surface area contributed by atoms with Gasteiger partial charge in [0.05, 0.1) is 0 Å². The molecule has 80 valence electrons. The van der Waals surface area contributed by atoms with Crippen molar-refractivity contribution < 1.29 is 9.90 Å². The number of carbonyl (C=O) groups excluding carboxylic acids is 1. The number of hydrogen-bond acceptors (Lipinski definition) is 2.